The second-order valence-corrected chi connectivity index (χ2v) is 5.94. The predicted octanol–water partition coefficient (Wildman–Crippen LogP) is 2.76. The summed E-state index contributed by atoms with van der Waals surface area (Å²) in [6.45, 7) is 5.17. The molecule has 0 saturated heterocycles. The number of nitrogens with zero attached hydrogens (tertiary/aromatic N) is 1. The Labute approximate surface area is 105 Å². The Morgan fingerprint density at radius 2 is 2.12 bits per heavy atom. The van der Waals surface area contributed by atoms with Crippen molar-refractivity contribution in [2.45, 2.75) is 39.7 Å². The number of hydrogen-bond donors (Lipinski definition) is 0. The lowest BCUT2D eigenvalue weighted by Crippen LogP contribution is -2.31. The summed E-state index contributed by atoms with van der Waals surface area (Å²) < 4.78 is 1.98. The minimum Gasteiger partial charge on any atom is -0.312 e. The molecule has 1 heterocycles. The Morgan fingerprint density at radius 1 is 1.38 bits per heavy atom. The highest BCUT2D eigenvalue weighted by Gasteiger charge is 2.22. The number of pyridine rings is 1. The summed E-state index contributed by atoms with van der Waals surface area (Å²) in [7, 11) is 0. The molecule has 3 heteroatoms. The van der Waals surface area contributed by atoms with E-state index >= 15 is 0 Å². The van der Waals surface area contributed by atoms with Crippen LogP contribution in [-0.4, -0.2) is 9.90 Å². The van der Waals surface area contributed by atoms with Gasteiger partial charge in [0.05, 0.1) is 0 Å². The summed E-state index contributed by atoms with van der Waals surface area (Å²) >= 11 is 3.52. The van der Waals surface area contributed by atoms with E-state index in [4.69, 9.17) is 0 Å². The third-order valence-corrected chi connectivity index (χ3v) is 4.72. The van der Waals surface area contributed by atoms with Gasteiger partial charge in [0, 0.05) is 23.6 Å². The van der Waals surface area contributed by atoms with E-state index in [1.54, 1.807) is 6.07 Å². The molecule has 2 nitrogen and oxygen atoms in total. The largest absolute Gasteiger partial charge is 0.312 e. The first-order valence-corrected chi connectivity index (χ1v) is 6.93. The van der Waals surface area contributed by atoms with E-state index in [-0.39, 0.29) is 11.0 Å². The number of aryl methyl sites for hydroxylation is 1. The van der Waals surface area contributed by atoms with Crippen molar-refractivity contribution in [3.05, 3.63) is 33.7 Å². The van der Waals surface area contributed by atoms with Gasteiger partial charge in [-0.25, -0.2) is 0 Å². The number of rotatable bonds is 3. The lowest BCUT2D eigenvalue weighted by atomic mass is 9.96. The average molecular weight is 284 g/mol. The van der Waals surface area contributed by atoms with Crippen LogP contribution in [0.15, 0.2) is 16.9 Å². The van der Waals surface area contributed by atoms with Crippen molar-refractivity contribution in [2.75, 3.05) is 5.33 Å². The van der Waals surface area contributed by atoms with E-state index in [0.717, 1.165) is 24.7 Å². The summed E-state index contributed by atoms with van der Waals surface area (Å²) in [6, 6.07) is 3.72. The van der Waals surface area contributed by atoms with E-state index in [0.29, 0.717) is 0 Å². The van der Waals surface area contributed by atoms with Crippen molar-refractivity contribution >= 4 is 15.9 Å². The summed E-state index contributed by atoms with van der Waals surface area (Å²) in [5.41, 5.74) is 2.91. The molecule has 0 aromatic carbocycles. The molecule has 0 radical (unpaired) electrons. The van der Waals surface area contributed by atoms with Crippen LogP contribution in [0.5, 0.6) is 0 Å². The van der Waals surface area contributed by atoms with Gasteiger partial charge >= 0.3 is 0 Å². The molecule has 0 amide bonds. The van der Waals surface area contributed by atoms with Crippen molar-refractivity contribution in [2.24, 2.45) is 5.41 Å². The zero-order chi connectivity index (χ0) is 11.8. The Morgan fingerprint density at radius 3 is 2.81 bits per heavy atom. The fourth-order valence-electron chi connectivity index (χ4n) is 2.28. The van der Waals surface area contributed by atoms with E-state index in [2.05, 4.69) is 29.8 Å². The molecular weight excluding hydrogens is 266 g/mol. The molecule has 0 atom stereocenters. The SMILES string of the molecule is CC(C)(CBr)Cn1c2c(ccc1=O)CCC2. The van der Waals surface area contributed by atoms with Gasteiger partial charge in [-0.3, -0.25) is 4.79 Å². The maximum absolute atomic E-state index is 11.9. The van der Waals surface area contributed by atoms with Gasteiger partial charge in [-0.1, -0.05) is 35.8 Å². The molecule has 1 aromatic heterocycles. The van der Waals surface area contributed by atoms with Crippen molar-refractivity contribution in [3.8, 4) is 0 Å². The highest BCUT2D eigenvalue weighted by atomic mass is 79.9. The first-order chi connectivity index (χ1) is 7.53. The fraction of sp³-hybridized carbons (Fsp3) is 0.615. The van der Waals surface area contributed by atoms with Gasteiger partial charge in [0.2, 0.25) is 0 Å². The predicted molar refractivity (Wildman–Crippen MR) is 70.3 cm³/mol. The first kappa shape index (κ1) is 11.9. The van der Waals surface area contributed by atoms with E-state index in [1.807, 2.05) is 10.6 Å². The topological polar surface area (TPSA) is 22.0 Å². The van der Waals surface area contributed by atoms with Crippen molar-refractivity contribution in [1.29, 1.82) is 0 Å². The second-order valence-electron chi connectivity index (χ2n) is 5.38. The normalized spacial score (nSPS) is 15.2. The molecule has 16 heavy (non-hydrogen) atoms. The maximum atomic E-state index is 11.9. The standard InChI is InChI=1S/C13H18BrNO/c1-13(2,8-14)9-15-11-5-3-4-10(11)6-7-12(15)16/h6-7H,3-5,8-9H2,1-2H3. The van der Waals surface area contributed by atoms with Crippen molar-refractivity contribution in [3.63, 3.8) is 0 Å². The van der Waals surface area contributed by atoms with Crippen LogP contribution in [0.2, 0.25) is 0 Å². The highest BCUT2D eigenvalue weighted by Crippen LogP contribution is 2.25. The summed E-state index contributed by atoms with van der Waals surface area (Å²) in [5, 5.41) is 0.913. The lowest BCUT2D eigenvalue weighted by molar-refractivity contribution is 0.343. The second kappa shape index (κ2) is 4.36. The van der Waals surface area contributed by atoms with Gasteiger partial charge in [-0.2, -0.15) is 0 Å². The van der Waals surface area contributed by atoms with Crippen LogP contribution in [0.25, 0.3) is 0 Å². The Hall–Kier alpha value is -0.570. The molecule has 0 saturated carbocycles. The molecule has 88 valence electrons. The molecule has 1 aromatic rings. The molecular formula is C13H18BrNO. The molecule has 2 rings (SSSR count). The zero-order valence-corrected chi connectivity index (χ0v) is 11.5. The van der Waals surface area contributed by atoms with Gasteiger partial charge in [-0.15, -0.1) is 0 Å². The van der Waals surface area contributed by atoms with Crippen molar-refractivity contribution in [1.82, 2.24) is 4.57 Å². The van der Waals surface area contributed by atoms with E-state index in [1.165, 1.54) is 17.7 Å². The van der Waals surface area contributed by atoms with Crippen LogP contribution in [0.4, 0.5) is 0 Å². The Bertz CT molecular complexity index is 448. The summed E-state index contributed by atoms with van der Waals surface area (Å²) in [6.07, 6.45) is 3.38. The number of halogens is 1. The van der Waals surface area contributed by atoms with Gasteiger partial charge in [0.1, 0.15) is 0 Å². The van der Waals surface area contributed by atoms with Crippen LogP contribution < -0.4 is 5.56 Å². The molecule has 1 aliphatic rings. The monoisotopic (exact) mass is 283 g/mol. The number of aromatic nitrogens is 1. The van der Waals surface area contributed by atoms with Crippen LogP contribution >= 0.6 is 15.9 Å². The minimum atomic E-state index is 0.127. The molecule has 0 bridgehead atoms. The molecule has 0 fully saturated rings. The van der Waals surface area contributed by atoms with Crippen LogP contribution in [0, 0.1) is 5.41 Å². The van der Waals surface area contributed by atoms with Crippen LogP contribution in [0.3, 0.4) is 0 Å². The van der Waals surface area contributed by atoms with E-state index in [9.17, 15) is 4.79 Å². The average Bonchev–Trinajstić information content (AvgIpc) is 2.70. The smallest absolute Gasteiger partial charge is 0.250 e. The van der Waals surface area contributed by atoms with Gasteiger partial charge in [0.15, 0.2) is 0 Å². The maximum Gasteiger partial charge on any atom is 0.250 e. The number of hydrogen-bond acceptors (Lipinski definition) is 1. The molecule has 0 N–H and O–H groups in total. The van der Waals surface area contributed by atoms with Crippen LogP contribution in [0.1, 0.15) is 31.5 Å². The Balaban J connectivity index is 2.41. The first-order valence-electron chi connectivity index (χ1n) is 5.81. The zero-order valence-electron chi connectivity index (χ0n) is 9.92. The third-order valence-electron chi connectivity index (χ3n) is 3.20. The van der Waals surface area contributed by atoms with Crippen LogP contribution in [-0.2, 0) is 19.4 Å². The van der Waals surface area contributed by atoms with Gasteiger partial charge in [-0.05, 0) is 30.2 Å². The Kier molecular flexibility index (Phi) is 3.24. The summed E-state index contributed by atoms with van der Waals surface area (Å²) in [5.74, 6) is 0. The number of alkyl halides is 1. The fourth-order valence-corrected chi connectivity index (χ4v) is 2.45. The van der Waals surface area contributed by atoms with Crippen molar-refractivity contribution < 1.29 is 0 Å². The van der Waals surface area contributed by atoms with Gasteiger partial charge < -0.3 is 4.57 Å². The number of fused-ring (bicyclic) bond motifs is 1. The highest BCUT2D eigenvalue weighted by molar-refractivity contribution is 9.09. The van der Waals surface area contributed by atoms with Gasteiger partial charge in [0.25, 0.3) is 5.56 Å². The molecule has 0 aliphatic heterocycles. The summed E-state index contributed by atoms with van der Waals surface area (Å²) in [4.78, 5) is 11.9. The molecule has 0 spiro atoms. The van der Waals surface area contributed by atoms with E-state index < -0.39 is 0 Å². The quantitative estimate of drug-likeness (QED) is 0.782. The molecule has 0 unspecified atom stereocenters. The molecule has 1 aliphatic carbocycles. The minimum absolute atomic E-state index is 0.127. The lowest BCUT2D eigenvalue weighted by Gasteiger charge is -2.24. The third kappa shape index (κ3) is 2.24.